The van der Waals surface area contributed by atoms with Gasteiger partial charge in [-0.05, 0) is 31.0 Å². The number of aliphatic imine (C=N–C) groups is 1. The highest BCUT2D eigenvalue weighted by molar-refractivity contribution is 14.0. The number of hydrogen-bond donors (Lipinski definition) is 2. The second-order valence-electron chi connectivity index (χ2n) is 7.63. The zero-order valence-corrected chi connectivity index (χ0v) is 21.8. The van der Waals surface area contributed by atoms with Gasteiger partial charge in [-0.2, -0.15) is 0 Å². The molecule has 0 radical (unpaired) electrons. The van der Waals surface area contributed by atoms with Crippen LogP contribution < -0.4 is 15.4 Å². The summed E-state index contributed by atoms with van der Waals surface area (Å²) >= 11 is 0. The molecule has 174 valence electrons. The van der Waals surface area contributed by atoms with Crippen molar-refractivity contribution in [3.8, 4) is 5.75 Å². The number of aryl methyl sites for hydroxylation is 1. The Kier molecular flexibility index (Phi) is 13.9. The molecule has 2 aromatic rings. The van der Waals surface area contributed by atoms with Gasteiger partial charge in [0.15, 0.2) is 5.96 Å². The van der Waals surface area contributed by atoms with Crippen LogP contribution in [0.1, 0.15) is 64.3 Å². The van der Waals surface area contributed by atoms with E-state index in [-0.39, 0.29) is 24.0 Å². The van der Waals surface area contributed by atoms with Gasteiger partial charge in [-0.3, -0.25) is 0 Å². The van der Waals surface area contributed by atoms with Gasteiger partial charge in [-0.25, -0.2) is 4.99 Å². The summed E-state index contributed by atoms with van der Waals surface area (Å²) in [4.78, 5) is 4.81. The van der Waals surface area contributed by atoms with Crippen LogP contribution in [0.2, 0.25) is 0 Å². The molecule has 0 aliphatic rings. The third-order valence-corrected chi connectivity index (χ3v) is 5.11. The van der Waals surface area contributed by atoms with Gasteiger partial charge in [0.25, 0.3) is 0 Å². The van der Waals surface area contributed by atoms with Crippen LogP contribution in [0.4, 0.5) is 0 Å². The van der Waals surface area contributed by atoms with Gasteiger partial charge in [0.05, 0.1) is 13.7 Å². The van der Waals surface area contributed by atoms with Crippen molar-refractivity contribution in [2.24, 2.45) is 4.99 Å². The number of hydrogen-bond acceptors (Lipinski definition) is 4. The maximum atomic E-state index is 5.24. The van der Waals surface area contributed by atoms with E-state index in [0.29, 0.717) is 12.6 Å². The van der Waals surface area contributed by atoms with Crippen LogP contribution in [0.15, 0.2) is 35.6 Å². The molecule has 8 heteroatoms. The molecule has 2 rings (SSSR count). The largest absolute Gasteiger partial charge is 0.497 e. The number of guanidine groups is 1. The van der Waals surface area contributed by atoms with Gasteiger partial charge >= 0.3 is 0 Å². The summed E-state index contributed by atoms with van der Waals surface area (Å²) in [5.41, 5.74) is 1.15. The first-order valence-corrected chi connectivity index (χ1v) is 11.2. The minimum absolute atomic E-state index is 0. The molecule has 0 bridgehead atoms. The summed E-state index contributed by atoms with van der Waals surface area (Å²) < 4.78 is 7.32. The van der Waals surface area contributed by atoms with Gasteiger partial charge in [0.1, 0.15) is 17.9 Å². The van der Waals surface area contributed by atoms with Crippen LogP contribution in [0, 0.1) is 0 Å². The summed E-state index contributed by atoms with van der Waals surface area (Å²) in [5, 5.41) is 15.2. The van der Waals surface area contributed by atoms with E-state index in [4.69, 9.17) is 9.73 Å². The van der Waals surface area contributed by atoms with Crippen LogP contribution in [-0.4, -0.2) is 40.4 Å². The average molecular weight is 543 g/mol. The van der Waals surface area contributed by atoms with Crippen LogP contribution in [0.5, 0.6) is 5.75 Å². The van der Waals surface area contributed by atoms with E-state index in [1.807, 2.05) is 12.1 Å². The fourth-order valence-electron chi connectivity index (χ4n) is 3.27. The third kappa shape index (κ3) is 10.3. The van der Waals surface area contributed by atoms with Crippen LogP contribution in [-0.2, 0) is 19.5 Å². The van der Waals surface area contributed by atoms with Crippen molar-refractivity contribution in [3.63, 3.8) is 0 Å². The van der Waals surface area contributed by atoms with Gasteiger partial charge < -0.3 is 19.9 Å². The molecule has 0 amide bonds. The summed E-state index contributed by atoms with van der Waals surface area (Å²) in [7, 11) is 1.68. The van der Waals surface area contributed by atoms with Gasteiger partial charge in [-0.15, -0.1) is 34.2 Å². The maximum Gasteiger partial charge on any atom is 0.191 e. The maximum absolute atomic E-state index is 5.24. The molecule has 0 aliphatic carbocycles. The second kappa shape index (κ2) is 15.9. The fraction of sp³-hybridized carbons (Fsp3) is 0.609. The molecule has 1 unspecified atom stereocenters. The molecule has 2 N–H and O–H groups in total. The van der Waals surface area contributed by atoms with E-state index < -0.39 is 0 Å². The quantitative estimate of drug-likeness (QED) is 0.168. The Morgan fingerprint density at radius 3 is 2.61 bits per heavy atom. The lowest BCUT2D eigenvalue weighted by molar-refractivity contribution is 0.414. The third-order valence-electron chi connectivity index (χ3n) is 5.11. The highest BCUT2D eigenvalue weighted by Crippen LogP contribution is 2.12. The first kappa shape index (κ1) is 27.2. The van der Waals surface area contributed by atoms with Gasteiger partial charge in [0.2, 0.25) is 0 Å². The van der Waals surface area contributed by atoms with Crippen molar-refractivity contribution in [1.29, 1.82) is 0 Å². The van der Waals surface area contributed by atoms with Crippen molar-refractivity contribution < 1.29 is 4.74 Å². The Morgan fingerprint density at radius 2 is 1.94 bits per heavy atom. The molecule has 1 aromatic heterocycles. The van der Waals surface area contributed by atoms with Crippen molar-refractivity contribution in [2.45, 2.75) is 78.4 Å². The Labute approximate surface area is 204 Å². The monoisotopic (exact) mass is 542 g/mol. The molecule has 1 aromatic carbocycles. The van der Waals surface area contributed by atoms with E-state index >= 15 is 0 Å². The number of aromatic nitrogens is 3. The Morgan fingerprint density at radius 1 is 1.16 bits per heavy atom. The first-order chi connectivity index (χ1) is 14.7. The lowest BCUT2D eigenvalue weighted by atomic mass is 10.1. The molecule has 0 aliphatic heterocycles. The number of rotatable bonds is 13. The zero-order valence-electron chi connectivity index (χ0n) is 19.4. The molecule has 7 nitrogen and oxygen atoms in total. The zero-order chi connectivity index (χ0) is 21.6. The molecular formula is C23H39IN6O. The Bertz CT molecular complexity index is 747. The number of nitrogens with zero attached hydrogens (tertiary/aromatic N) is 4. The average Bonchev–Trinajstić information content (AvgIpc) is 3.23. The standard InChI is InChI=1S/C23H38N6O.HI/c1-5-7-8-9-10-19(3)27-23(24-15-16-29-18-26-28-22(29)6-2)25-17-20-11-13-21(30-4)14-12-20;/h11-14,18-19H,5-10,15-17H2,1-4H3,(H2,24,25,27);1H. The predicted octanol–water partition coefficient (Wildman–Crippen LogP) is 4.56. The van der Waals surface area contributed by atoms with E-state index in [1.165, 1.54) is 25.7 Å². The normalized spacial score (nSPS) is 12.2. The van der Waals surface area contributed by atoms with E-state index in [0.717, 1.165) is 49.0 Å². The van der Waals surface area contributed by atoms with E-state index in [9.17, 15) is 0 Å². The summed E-state index contributed by atoms with van der Waals surface area (Å²) in [6.45, 7) is 8.76. The minimum atomic E-state index is 0. The Balaban J connectivity index is 0.00000480. The smallest absolute Gasteiger partial charge is 0.191 e. The summed E-state index contributed by atoms with van der Waals surface area (Å²) in [6, 6.07) is 8.43. The molecule has 0 fully saturated rings. The van der Waals surface area contributed by atoms with Gasteiger partial charge in [-0.1, -0.05) is 51.7 Å². The molecule has 0 saturated heterocycles. The lowest BCUT2D eigenvalue weighted by Gasteiger charge is -2.19. The number of ether oxygens (including phenoxy) is 1. The highest BCUT2D eigenvalue weighted by atomic mass is 127. The van der Waals surface area contributed by atoms with E-state index in [2.05, 4.69) is 58.3 Å². The van der Waals surface area contributed by atoms with E-state index in [1.54, 1.807) is 13.4 Å². The van der Waals surface area contributed by atoms with Crippen molar-refractivity contribution >= 4 is 29.9 Å². The van der Waals surface area contributed by atoms with Crippen molar-refractivity contribution in [2.75, 3.05) is 13.7 Å². The van der Waals surface area contributed by atoms with Crippen LogP contribution in [0.3, 0.4) is 0 Å². The molecule has 1 atom stereocenters. The Hall–Kier alpha value is -1.84. The van der Waals surface area contributed by atoms with Crippen LogP contribution in [0.25, 0.3) is 0 Å². The fourth-order valence-corrected chi connectivity index (χ4v) is 3.27. The summed E-state index contributed by atoms with van der Waals surface area (Å²) in [6.07, 6.45) is 8.93. The number of unbranched alkanes of at least 4 members (excludes halogenated alkanes) is 3. The van der Waals surface area contributed by atoms with Crippen molar-refractivity contribution in [1.82, 2.24) is 25.4 Å². The molecular weight excluding hydrogens is 503 g/mol. The van der Waals surface area contributed by atoms with Crippen molar-refractivity contribution in [3.05, 3.63) is 42.0 Å². The minimum Gasteiger partial charge on any atom is -0.497 e. The number of benzene rings is 1. The van der Waals surface area contributed by atoms with Gasteiger partial charge in [0, 0.05) is 25.6 Å². The van der Waals surface area contributed by atoms with Crippen LogP contribution >= 0.6 is 24.0 Å². The number of nitrogens with one attached hydrogen (secondary N) is 2. The molecule has 31 heavy (non-hydrogen) atoms. The second-order valence-corrected chi connectivity index (χ2v) is 7.63. The number of methoxy groups -OCH3 is 1. The number of halogens is 1. The molecule has 0 spiro atoms. The first-order valence-electron chi connectivity index (χ1n) is 11.2. The lowest BCUT2D eigenvalue weighted by Crippen LogP contribution is -2.43. The summed E-state index contributed by atoms with van der Waals surface area (Å²) in [5.74, 6) is 2.71. The SMILES string of the molecule is CCCCCCC(C)NC(=NCc1ccc(OC)cc1)NCCn1cnnc1CC.I. The highest BCUT2D eigenvalue weighted by Gasteiger charge is 2.07. The topological polar surface area (TPSA) is 76.4 Å². The molecule has 0 saturated carbocycles. The predicted molar refractivity (Wildman–Crippen MR) is 138 cm³/mol. The molecule has 1 heterocycles.